The van der Waals surface area contributed by atoms with Crippen molar-refractivity contribution >= 4 is 5.78 Å². The maximum Gasteiger partial charge on any atom is 0.227 e. The van der Waals surface area contributed by atoms with E-state index in [-0.39, 0.29) is 11.3 Å². The summed E-state index contributed by atoms with van der Waals surface area (Å²) < 4.78 is 20.0. The highest BCUT2D eigenvalue weighted by atomic mass is 19.1. The predicted octanol–water partition coefficient (Wildman–Crippen LogP) is 2.22. The number of carbonyl (C=O) groups excluding carboxylic acids is 1. The van der Waals surface area contributed by atoms with Gasteiger partial charge in [0.2, 0.25) is 5.95 Å². The second-order valence-corrected chi connectivity index (χ2v) is 3.52. The average molecular weight is 234 g/mol. The Kier molecular flexibility index (Phi) is 2.91. The van der Waals surface area contributed by atoms with Crippen LogP contribution >= 0.6 is 0 Å². The van der Waals surface area contributed by atoms with E-state index in [9.17, 15) is 9.18 Å². The van der Waals surface area contributed by atoms with E-state index in [2.05, 4.69) is 5.10 Å². The van der Waals surface area contributed by atoms with Crippen molar-refractivity contribution in [2.75, 3.05) is 7.11 Å². The lowest BCUT2D eigenvalue weighted by molar-refractivity contribution is 0.101. The van der Waals surface area contributed by atoms with Crippen LogP contribution in [0.25, 0.3) is 5.69 Å². The number of carbonyl (C=O) groups is 1. The minimum absolute atomic E-state index is 0.0205. The zero-order valence-electron chi connectivity index (χ0n) is 9.48. The SMILES string of the molecule is COc1cccc(-n2ncc(C(C)=O)c2F)c1. The number of aromatic nitrogens is 2. The van der Waals surface area contributed by atoms with Crippen molar-refractivity contribution in [2.45, 2.75) is 6.92 Å². The van der Waals surface area contributed by atoms with Gasteiger partial charge in [-0.15, -0.1) is 0 Å². The molecule has 0 fully saturated rings. The molecule has 0 aliphatic carbocycles. The molecular formula is C12H11FN2O2. The number of Topliss-reactive ketones (excluding diaryl/α,β-unsaturated/α-hetero) is 1. The van der Waals surface area contributed by atoms with Crippen LogP contribution in [0.1, 0.15) is 17.3 Å². The second-order valence-electron chi connectivity index (χ2n) is 3.52. The van der Waals surface area contributed by atoms with Gasteiger partial charge in [0, 0.05) is 6.07 Å². The monoisotopic (exact) mass is 234 g/mol. The fraction of sp³-hybridized carbons (Fsp3) is 0.167. The van der Waals surface area contributed by atoms with Crippen LogP contribution < -0.4 is 4.74 Å². The Hall–Kier alpha value is -2.17. The topological polar surface area (TPSA) is 44.1 Å². The highest BCUT2D eigenvalue weighted by Gasteiger charge is 2.15. The van der Waals surface area contributed by atoms with E-state index >= 15 is 0 Å². The molecule has 0 radical (unpaired) electrons. The predicted molar refractivity (Wildman–Crippen MR) is 60.1 cm³/mol. The zero-order valence-corrected chi connectivity index (χ0v) is 9.48. The van der Waals surface area contributed by atoms with E-state index in [0.717, 1.165) is 4.68 Å². The Morgan fingerprint density at radius 2 is 2.24 bits per heavy atom. The summed E-state index contributed by atoms with van der Waals surface area (Å²) in [4.78, 5) is 11.1. The van der Waals surface area contributed by atoms with Crippen molar-refractivity contribution in [1.82, 2.24) is 9.78 Å². The normalized spacial score (nSPS) is 10.3. The number of methoxy groups -OCH3 is 1. The number of nitrogens with zero attached hydrogens (tertiary/aromatic N) is 2. The van der Waals surface area contributed by atoms with Crippen LogP contribution in [-0.4, -0.2) is 22.7 Å². The van der Waals surface area contributed by atoms with Crippen LogP contribution in [0.3, 0.4) is 0 Å². The van der Waals surface area contributed by atoms with Gasteiger partial charge in [0.1, 0.15) is 5.75 Å². The number of halogens is 1. The van der Waals surface area contributed by atoms with Crippen LogP contribution in [0.4, 0.5) is 4.39 Å². The van der Waals surface area contributed by atoms with Crippen molar-refractivity contribution < 1.29 is 13.9 Å². The summed E-state index contributed by atoms with van der Waals surface area (Å²) in [5.74, 6) is -0.413. The van der Waals surface area contributed by atoms with Gasteiger partial charge in [0.25, 0.3) is 0 Å². The standard InChI is InChI=1S/C12H11FN2O2/c1-8(16)11-7-14-15(12(11)13)9-4-3-5-10(6-9)17-2/h3-7H,1-2H3. The summed E-state index contributed by atoms with van der Waals surface area (Å²) in [6.45, 7) is 1.30. The highest BCUT2D eigenvalue weighted by Crippen LogP contribution is 2.18. The van der Waals surface area contributed by atoms with E-state index in [1.165, 1.54) is 20.2 Å². The number of benzene rings is 1. The van der Waals surface area contributed by atoms with Gasteiger partial charge in [0.05, 0.1) is 24.6 Å². The third-order valence-electron chi connectivity index (χ3n) is 2.39. The molecule has 0 spiro atoms. The number of ketones is 1. The Morgan fingerprint density at radius 3 is 2.82 bits per heavy atom. The molecular weight excluding hydrogens is 223 g/mol. The minimum Gasteiger partial charge on any atom is -0.497 e. The van der Waals surface area contributed by atoms with Gasteiger partial charge < -0.3 is 4.74 Å². The Morgan fingerprint density at radius 1 is 1.47 bits per heavy atom. The van der Waals surface area contributed by atoms with Crippen LogP contribution in [0.15, 0.2) is 30.5 Å². The molecule has 1 aromatic heterocycles. The molecule has 0 saturated carbocycles. The summed E-state index contributed by atoms with van der Waals surface area (Å²) in [5.41, 5.74) is 0.488. The molecule has 2 rings (SSSR count). The smallest absolute Gasteiger partial charge is 0.227 e. The maximum atomic E-state index is 13.8. The lowest BCUT2D eigenvalue weighted by Gasteiger charge is -2.04. The molecule has 5 heteroatoms. The molecule has 0 aliphatic heterocycles. The van der Waals surface area contributed by atoms with Gasteiger partial charge in [-0.25, -0.2) is 4.68 Å². The summed E-state index contributed by atoms with van der Waals surface area (Å²) in [5, 5.41) is 3.85. The number of hydrogen-bond donors (Lipinski definition) is 0. The minimum atomic E-state index is -0.661. The first kappa shape index (κ1) is 11.3. The first-order valence-corrected chi connectivity index (χ1v) is 5.02. The Balaban J connectivity index is 2.49. The molecule has 1 heterocycles. The van der Waals surface area contributed by atoms with Gasteiger partial charge >= 0.3 is 0 Å². The third-order valence-corrected chi connectivity index (χ3v) is 2.39. The van der Waals surface area contributed by atoms with Gasteiger partial charge in [-0.05, 0) is 19.1 Å². The van der Waals surface area contributed by atoms with Gasteiger partial charge in [0.15, 0.2) is 5.78 Å². The van der Waals surface area contributed by atoms with Crippen molar-refractivity contribution in [3.63, 3.8) is 0 Å². The van der Waals surface area contributed by atoms with E-state index in [1.54, 1.807) is 24.3 Å². The molecule has 0 aliphatic rings. The van der Waals surface area contributed by atoms with Crippen molar-refractivity contribution in [2.24, 2.45) is 0 Å². The summed E-state index contributed by atoms with van der Waals surface area (Å²) in [6.07, 6.45) is 1.22. The second kappa shape index (κ2) is 4.37. The number of rotatable bonds is 3. The molecule has 0 bridgehead atoms. The van der Waals surface area contributed by atoms with Crippen molar-refractivity contribution in [1.29, 1.82) is 0 Å². The molecule has 0 unspecified atom stereocenters. The third kappa shape index (κ3) is 2.04. The average Bonchev–Trinajstić information content (AvgIpc) is 2.71. The summed E-state index contributed by atoms with van der Waals surface area (Å²) in [7, 11) is 1.53. The lowest BCUT2D eigenvalue weighted by atomic mass is 10.2. The first-order chi connectivity index (χ1) is 8.13. The first-order valence-electron chi connectivity index (χ1n) is 5.02. The molecule has 17 heavy (non-hydrogen) atoms. The number of hydrogen-bond acceptors (Lipinski definition) is 3. The molecule has 2 aromatic rings. The van der Waals surface area contributed by atoms with Crippen molar-refractivity contribution in [3.05, 3.63) is 42.0 Å². The molecule has 0 N–H and O–H groups in total. The van der Waals surface area contributed by atoms with Gasteiger partial charge in [-0.2, -0.15) is 9.49 Å². The van der Waals surface area contributed by atoms with Crippen LogP contribution in [-0.2, 0) is 0 Å². The Bertz CT molecular complexity index is 563. The lowest BCUT2D eigenvalue weighted by Crippen LogP contribution is -2.02. The number of ether oxygens (including phenoxy) is 1. The van der Waals surface area contributed by atoms with E-state index < -0.39 is 5.95 Å². The largest absolute Gasteiger partial charge is 0.497 e. The van der Waals surface area contributed by atoms with Gasteiger partial charge in [-0.1, -0.05) is 6.07 Å². The van der Waals surface area contributed by atoms with E-state index in [4.69, 9.17) is 4.74 Å². The fourth-order valence-electron chi connectivity index (χ4n) is 1.49. The van der Waals surface area contributed by atoms with E-state index in [0.29, 0.717) is 11.4 Å². The van der Waals surface area contributed by atoms with Gasteiger partial charge in [-0.3, -0.25) is 4.79 Å². The van der Waals surface area contributed by atoms with Crippen molar-refractivity contribution in [3.8, 4) is 11.4 Å². The molecule has 4 nitrogen and oxygen atoms in total. The summed E-state index contributed by atoms with van der Waals surface area (Å²) in [6, 6.07) is 6.79. The van der Waals surface area contributed by atoms with Crippen LogP contribution in [0.5, 0.6) is 5.75 Å². The molecule has 0 saturated heterocycles. The molecule has 0 atom stereocenters. The molecule has 88 valence electrons. The fourth-order valence-corrected chi connectivity index (χ4v) is 1.49. The molecule has 1 aromatic carbocycles. The zero-order chi connectivity index (χ0) is 12.4. The van der Waals surface area contributed by atoms with Crippen LogP contribution in [0.2, 0.25) is 0 Å². The maximum absolute atomic E-state index is 13.8. The summed E-state index contributed by atoms with van der Waals surface area (Å²) >= 11 is 0. The van der Waals surface area contributed by atoms with Crippen LogP contribution in [0, 0.1) is 5.95 Å². The quantitative estimate of drug-likeness (QED) is 0.765. The molecule has 0 amide bonds. The van der Waals surface area contributed by atoms with E-state index in [1.807, 2.05) is 0 Å². The Labute approximate surface area is 97.6 Å². The highest BCUT2D eigenvalue weighted by molar-refractivity contribution is 5.93.